The van der Waals surface area contributed by atoms with E-state index < -0.39 is 0 Å². The summed E-state index contributed by atoms with van der Waals surface area (Å²) in [6.07, 6.45) is 3.83. The Morgan fingerprint density at radius 3 is 2.67 bits per heavy atom. The molecule has 118 valence electrons. The summed E-state index contributed by atoms with van der Waals surface area (Å²) in [4.78, 5) is 4.66. The van der Waals surface area contributed by atoms with Crippen LogP contribution in [0.1, 0.15) is 56.9 Å². The Balaban J connectivity index is 2.22. The fourth-order valence-corrected chi connectivity index (χ4v) is 3.82. The lowest BCUT2D eigenvalue weighted by Gasteiger charge is -2.38. The number of aryl methyl sites for hydroxylation is 2. The summed E-state index contributed by atoms with van der Waals surface area (Å²) < 4.78 is 6.36. The minimum absolute atomic E-state index is 0.285. The third-order valence-corrected chi connectivity index (χ3v) is 4.42. The number of aromatic nitrogens is 1. The Hall–Kier alpha value is -1.09. The van der Waals surface area contributed by atoms with Crippen LogP contribution in [0.3, 0.4) is 0 Å². The maximum absolute atomic E-state index is 6.36. The minimum atomic E-state index is 0.285. The lowest BCUT2D eigenvalue weighted by molar-refractivity contribution is 0.0523. The van der Waals surface area contributed by atoms with Crippen molar-refractivity contribution < 1.29 is 4.74 Å². The molecule has 1 aliphatic rings. The van der Waals surface area contributed by atoms with Crippen molar-refractivity contribution in [3.8, 4) is 5.88 Å². The Bertz CT molecular complexity index is 496. The highest BCUT2D eigenvalue weighted by molar-refractivity contribution is 5.36. The molecule has 3 nitrogen and oxygen atoms in total. The van der Waals surface area contributed by atoms with Crippen molar-refractivity contribution in [2.75, 3.05) is 7.05 Å². The van der Waals surface area contributed by atoms with Gasteiger partial charge in [0.15, 0.2) is 0 Å². The van der Waals surface area contributed by atoms with Gasteiger partial charge in [-0.05, 0) is 63.1 Å². The first-order valence-electron chi connectivity index (χ1n) is 8.09. The second-order valence-corrected chi connectivity index (χ2v) is 7.55. The molecule has 1 N–H and O–H groups in total. The van der Waals surface area contributed by atoms with Crippen LogP contribution in [0.25, 0.3) is 0 Å². The first-order valence-corrected chi connectivity index (χ1v) is 8.09. The van der Waals surface area contributed by atoms with Crippen LogP contribution in [0.2, 0.25) is 0 Å². The molecular weight excluding hydrogens is 260 g/mol. The van der Waals surface area contributed by atoms with Gasteiger partial charge in [0.25, 0.3) is 0 Å². The van der Waals surface area contributed by atoms with Crippen LogP contribution < -0.4 is 10.1 Å². The zero-order valence-corrected chi connectivity index (χ0v) is 14.4. The van der Waals surface area contributed by atoms with Gasteiger partial charge in [-0.25, -0.2) is 4.98 Å². The molecule has 2 atom stereocenters. The number of hydrogen-bond donors (Lipinski definition) is 1. The van der Waals surface area contributed by atoms with Gasteiger partial charge in [-0.1, -0.05) is 20.8 Å². The van der Waals surface area contributed by atoms with Gasteiger partial charge >= 0.3 is 0 Å². The largest absolute Gasteiger partial charge is 0.474 e. The number of nitrogens with one attached hydrogen (secondary N) is 1. The molecule has 0 bridgehead atoms. The van der Waals surface area contributed by atoms with Gasteiger partial charge in [-0.3, -0.25) is 0 Å². The highest BCUT2D eigenvalue weighted by Gasteiger charge is 2.33. The summed E-state index contributed by atoms with van der Waals surface area (Å²) in [5.41, 5.74) is 3.85. The van der Waals surface area contributed by atoms with Crippen LogP contribution in [-0.4, -0.2) is 18.1 Å². The summed E-state index contributed by atoms with van der Waals surface area (Å²) in [6, 6.07) is 2.13. The van der Waals surface area contributed by atoms with Gasteiger partial charge in [-0.15, -0.1) is 0 Å². The highest BCUT2D eigenvalue weighted by atomic mass is 16.5. The van der Waals surface area contributed by atoms with E-state index >= 15 is 0 Å². The van der Waals surface area contributed by atoms with Crippen LogP contribution >= 0.6 is 0 Å². The molecule has 1 saturated carbocycles. The predicted molar refractivity (Wildman–Crippen MR) is 87.7 cm³/mol. The molecule has 2 unspecified atom stereocenters. The Labute approximate surface area is 129 Å². The van der Waals surface area contributed by atoms with Crippen molar-refractivity contribution in [1.82, 2.24) is 10.3 Å². The zero-order chi connectivity index (χ0) is 15.6. The van der Waals surface area contributed by atoms with Crippen LogP contribution in [0, 0.1) is 25.2 Å². The van der Waals surface area contributed by atoms with Gasteiger partial charge in [-0.2, -0.15) is 0 Å². The van der Waals surface area contributed by atoms with E-state index in [1.54, 1.807) is 0 Å². The zero-order valence-electron chi connectivity index (χ0n) is 14.4. The molecule has 0 amide bonds. The van der Waals surface area contributed by atoms with Gasteiger partial charge in [0, 0.05) is 17.8 Å². The molecule has 21 heavy (non-hydrogen) atoms. The Kier molecular flexibility index (Phi) is 4.92. The second kappa shape index (κ2) is 6.35. The average molecular weight is 290 g/mol. The molecule has 0 aromatic carbocycles. The fraction of sp³-hybridized carbons (Fsp3) is 0.722. The SMILES string of the molecule is CNCc1c(C)cc(C)nc1OC1CC(C)CC(C)(C)C1. The van der Waals surface area contributed by atoms with Crippen molar-refractivity contribution in [2.24, 2.45) is 11.3 Å². The number of ether oxygens (including phenoxy) is 1. The standard InChI is InChI=1S/C18H30N2O/c1-12-7-15(10-18(4,5)9-12)21-17-16(11-19-6)13(2)8-14(3)20-17/h8,12,15,19H,7,9-11H2,1-6H3. The first kappa shape index (κ1) is 16.3. The molecule has 0 radical (unpaired) electrons. The van der Waals surface area contributed by atoms with E-state index in [-0.39, 0.29) is 6.10 Å². The van der Waals surface area contributed by atoms with Crippen LogP contribution in [0.5, 0.6) is 5.88 Å². The van der Waals surface area contributed by atoms with E-state index in [1.165, 1.54) is 17.5 Å². The summed E-state index contributed by atoms with van der Waals surface area (Å²) in [7, 11) is 1.97. The number of rotatable bonds is 4. The summed E-state index contributed by atoms with van der Waals surface area (Å²) >= 11 is 0. The van der Waals surface area contributed by atoms with Gasteiger partial charge < -0.3 is 10.1 Å². The van der Waals surface area contributed by atoms with Gasteiger partial charge in [0.05, 0.1) is 0 Å². The number of hydrogen-bond acceptors (Lipinski definition) is 3. The van der Waals surface area contributed by atoms with Crippen molar-refractivity contribution in [2.45, 2.75) is 66.5 Å². The first-order chi connectivity index (χ1) is 9.80. The van der Waals surface area contributed by atoms with Gasteiger partial charge in [0.2, 0.25) is 5.88 Å². The quantitative estimate of drug-likeness (QED) is 0.909. The lowest BCUT2D eigenvalue weighted by atomic mass is 9.71. The van der Waals surface area contributed by atoms with Crippen molar-refractivity contribution in [3.63, 3.8) is 0 Å². The lowest BCUT2D eigenvalue weighted by Crippen LogP contribution is -2.34. The van der Waals surface area contributed by atoms with Gasteiger partial charge in [0.1, 0.15) is 6.10 Å². The van der Waals surface area contributed by atoms with Crippen LogP contribution in [0.4, 0.5) is 0 Å². The number of nitrogens with zero attached hydrogens (tertiary/aromatic N) is 1. The molecule has 1 heterocycles. The molecular formula is C18H30N2O. The molecule has 1 fully saturated rings. The van der Waals surface area contributed by atoms with E-state index in [0.29, 0.717) is 5.41 Å². The Morgan fingerprint density at radius 1 is 1.33 bits per heavy atom. The molecule has 0 spiro atoms. The van der Waals surface area contributed by atoms with Crippen molar-refractivity contribution in [3.05, 3.63) is 22.9 Å². The molecule has 0 aliphatic heterocycles. The summed E-state index contributed by atoms with van der Waals surface area (Å²) in [5, 5.41) is 3.23. The molecule has 2 rings (SSSR count). The molecule has 1 aromatic heterocycles. The maximum Gasteiger partial charge on any atom is 0.218 e. The topological polar surface area (TPSA) is 34.2 Å². The minimum Gasteiger partial charge on any atom is -0.474 e. The van der Waals surface area contributed by atoms with E-state index in [9.17, 15) is 0 Å². The number of pyridine rings is 1. The van der Waals surface area contributed by atoms with Crippen molar-refractivity contribution in [1.29, 1.82) is 0 Å². The summed E-state index contributed by atoms with van der Waals surface area (Å²) in [5.74, 6) is 1.55. The monoisotopic (exact) mass is 290 g/mol. The van der Waals surface area contributed by atoms with Crippen molar-refractivity contribution >= 4 is 0 Å². The van der Waals surface area contributed by atoms with E-state index in [2.05, 4.69) is 44.1 Å². The highest BCUT2D eigenvalue weighted by Crippen LogP contribution is 2.40. The smallest absolute Gasteiger partial charge is 0.218 e. The molecule has 1 aromatic rings. The fourth-order valence-electron chi connectivity index (χ4n) is 3.82. The van der Waals surface area contributed by atoms with Crippen LogP contribution in [-0.2, 0) is 6.54 Å². The third-order valence-electron chi connectivity index (χ3n) is 4.42. The average Bonchev–Trinajstić information content (AvgIpc) is 2.30. The molecule has 3 heteroatoms. The molecule has 1 aliphatic carbocycles. The van der Waals surface area contributed by atoms with E-state index in [4.69, 9.17) is 4.74 Å². The van der Waals surface area contributed by atoms with Crippen LogP contribution in [0.15, 0.2) is 6.07 Å². The van der Waals surface area contributed by atoms with E-state index in [0.717, 1.165) is 36.9 Å². The third kappa shape index (κ3) is 4.19. The normalized spacial score (nSPS) is 24.9. The Morgan fingerprint density at radius 2 is 2.05 bits per heavy atom. The summed E-state index contributed by atoms with van der Waals surface area (Å²) in [6.45, 7) is 12.0. The molecule has 0 saturated heterocycles. The van der Waals surface area contributed by atoms with E-state index in [1.807, 2.05) is 14.0 Å². The maximum atomic E-state index is 6.36. The second-order valence-electron chi connectivity index (χ2n) is 7.55. The predicted octanol–water partition coefficient (Wildman–Crippen LogP) is 4.01.